The van der Waals surface area contributed by atoms with E-state index in [4.69, 9.17) is 11.6 Å². The number of hydrogen-bond acceptors (Lipinski definition) is 5. The Labute approximate surface area is 200 Å². The Bertz CT molecular complexity index is 1210. The maximum Gasteiger partial charge on any atom is 0.254 e. The van der Waals surface area contributed by atoms with Crippen LogP contribution >= 0.6 is 34.7 Å². The van der Waals surface area contributed by atoms with Crippen molar-refractivity contribution in [2.24, 2.45) is 0 Å². The molecule has 0 spiro atoms. The van der Waals surface area contributed by atoms with Crippen molar-refractivity contribution in [3.05, 3.63) is 109 Å². The molecule has 2 heterocycles. The highest BCUT2D eigenvalue weighted by Crippen LogP contribution is 2.43. The SMILES string of the molecule is CC1=C(C(=O)Nc2ccccc2)[C@@H](c2cccs2)C(C#N)=C(SCc2ccc(Cl)cc2)N1. The van der Waals surface area contributed by atoms with Gasteiger partial charge in [-0.2, -0.15) is 5.26 Å². The van der Waals surface area contributed by atoms with Gasteiger partial charge in [0.1, 0.15) is 0 Å². The molecule has 0 saturated carbocycles. The smallest absolute Gasteiger partial charge is 0.254 e. The van der Waals surface area contributed by atoms with Crippen LogP contribution in [0.15, 0.2) is 94.0 Å². The highest BCUT2D eigenvalue weighted by Gasteiger charge is 2.35. The number of anilines is 1. The van der Waals surface area contributed by atoms with E-state index in [0.29, 0.717) is 27.6 Å². The maximum absolute atomic E-state index is 13.3. The van der Waals surface area contributed by atoms with Crippen LogP contribution in [0, 0.1) is 11.3 Å². The number of thioether (sulfide) groups is 1. The van der Waals surface area contributed by atoms with Crippen LogP contribution in [0.1, 0.15) is 23.3 Å². The number of dihydropyridines is 1. The standard InChI is InChI=1S/C25H20ClN3OS2/c1-16-22(24(30)29-19-6-3-2-4-7-19)23(21-8-5-13-31-21)20(14-27)25(28-16)32-15-17-9-11-18(26)12-10-17/h2-13,23,28H,15H2,1H3,(H,29,30)/t23-/m1/s1. The first-order valence-electron chi connectivity index (χ1n) is 9.96. The topological polar surface area (TPSA) is 64.9 Å². The van der Waals surface area contributed by atoms with Crippen molar-refractivity contribution in [2.45, 2.75) is 18.6 Å². The quantitative estimate of drug-likeness (QED) is 0.416. The lowest BCUT2D eigenvalue weighted by Gasteiger charge is -2.29. The van der Waals surface area contributed by atoms with Crippen LogP contribution in [0.4, 0.5) is 5.69 Å². The molecule has 1 amide bonds. The minimum atomic E-state index is -0.419. The largest absolute Gasteiger partial charge is 0.353 e. The summed E-state index contributed by atoms with van der Waals surface area (Å²) in [6, 6.07) is 23.3. The number of nitriles is 1. The van der Waals surface area contributed by atoms with Gasteiger partial charge in [0.25, 0.3) is 5.91 Å². The minimum Gasteiger partial charge on any atom is -0.353 e. The van der Waals surface area contributed by atoms with E-state index >= 15 is 0 Å². The summed E-state index contributed by atoms with van der Waals surface area (Å²) in [5.41, 5.74) is 3.68. The summed E-state index contributed by atoms with van der Waals surface area (Å²) in [7, 11) is 0. The van der Waals surface area contributed by atoms with Gasteiger partial charge in [-0.15, -0.1) is 23.1 Å². The van der Waals surface area contributed by atoms with Crippen LogP contribution in [0.25, 0.3) is 0 Å². The molecule has 1 aromatic heterocycles. The molecule has 2 N–H and O–H groups in total. The summed E-state index contributed by atoms with van der Waals surface area (Å²) in [5, 5.41) is 19.8. The van der Waals surface area contributed by atoms with E-state index in [9.17, 15) is 10.1 Å². The monoisotopic (exact) mass is 477 g/mol. The molecule has 1 aliphatic rings. The van der Waals surface area contributed by atoms with Gasteiger partial charge in [-0.25, -0.2) is 0 Å². The molecule has 1 aliphatic heterocycles. The Kier molecular flexibility index (Phi) is 7.01. The highest BCUT2D eigenvalue weighted by atomic mass is 35.5. The van der Waals surface area contributed by atoms with Gasteiger partial charge >= 0.3 is 0 Å². The predicted octanol–water partition coefficient (Wildman–Crippen LogP) is 6.67. The number of rotatable bonds is 6. The Morgan fingerprint density at radius 1 is 1.16 bits per heavy atom. The van der Waals surface area contributed by atoms with E-state index in [1.54, 1.807) is 23.1 Å². The number of halogens is 1. The van der Waals surface area contributed by atoms with Crippen molar-refractivity contribution < 1.29 is 4.79 Å². The van der Waals surface area contributed by atoms with Gasteiger partial charge in [-0.1, -0.05) is 48.0 Å². The van der Waals surface area contributed by atoms with Crippen LogP contribution in [0.3, 0.4) is 0 Å². The number of allylic oxidation sites excluding steroid dienone is 2. The van der Waals surface area contributed by atoms with Gasteiger partial charge < -0.3 is 10.6 Å². The second kappa shape index (κ2) is 10.1. The molecule has 4 rings (SSSR count). The molecule has 160 valence electrons. The van der Waals surface area contributed by atoms with Crippen LogP contribution in [-0.2, 0) is 10.5 Å². The number of carbonyl (C=O) groups excluding carboxylic acids is 1. The fourth-order valence-corrected chi connectivity index (χ4v) is 5.54. The summed E-state index contributed by atoms with van der Waals surface area (Å²) >= 11 is 9.09. The lowest BCUT2D eigenvalue weighted by Crippen LogP contribution is -2.30. The lowest BCUT2D eigenvalue weighted by atomic mass is 9.86. The molecule has 0 aliphatic carbocycles. The summed E-state index contributed by atoms with van der Waals surface area (Å²) in [5.74, 6) is 0.0486. The van der Waals surface area contributed by atoms with Gasteiger partial charge in [0.15, 0.2) is 0 Å². The van der Waals surface area contributed by atoms with Gasteiger partial charge in [0.05, 0.1) is 22.6 Å². The van der Waals surface area contributed by atoms with E-state index in [1.165, 1.54) is 0 Å². The molecule has 0 bridgehead atoms. The van der Waals surface area contributed by atoms with Crippen LogP contribution in [-0.4, -0.2) is 5.91 Å². The van der Waals surface area contributed by atoms with E-state index in [0.717, 1.165) is 21.2 Å². The molecule has 7 heteroatoms. The molecule has 3 aromatic rings. The van der Waals surface area contributed by atoms with Gasteiger partial charge in [0, 0.05) is 32.6 Å². The third-order valence-corrected chi connectivity index (χ3v) is 7.33. The second-order valence-electron chi connectivity index (χ2n) is 7.20. The normalized spacial score (nSPS) is 15.8. The molecule has 4 nitrogen and oxygen atoms in total. The van der Waals surface area contributed by atoms with Gasteiger partial charge in [-0.05, 0) is 48.2 Å². The molecule has 1 atom stereocenters. The van der Waals surface area contributed by atoms with Crippen molar-refractivity contribution in [2.75, 3.05) is 5.32 Å². The van der Waals surface area contributed by atoms with E-state index in [-0.39, 0.29) is 5.91 Å². The molecule has 0 fully saturated rings. The third-order valence-electron chi connectivity index (χ3n) is 5.05. The zero-order chi connectivity index (χ0) is 22.5. The molecular weight excluding hydrogens is 458 g/mol. The molecule has 0 radical (unpaired) electrons. The van der Waals surface area contributed by atoms with Crippen molar-refractivity contribution in [3.63, 3.8) is 0 Å². The van der Waals surface area contributed by atoms with Gasteiger partial charge in [0.2, 0.25) is 0 Å². The zero-order valence-corrected chi connectivity index (χ0v) is 19.7. The van der Waals surface area contributed by atoms with Crippen molar-refractivity contribution in [3.8, 4) is 6.07 Å². The number of thiophene rings is 1. The summed E-state index contributed by atoms with van der Waals surface area (Å²) in [4.78, 5) is 14.3. The number of carbonyl (C=O) groups is 1. The van der Waals surface area contributed by atoms with E-state index in [1.807, 2.05) is 79.0 Å². The second-order valence-corrected chi connectivity index (χ2v) is 9.60. The van der Waals surface area contributed by atoms with Crippen LogP contribution in [0.2, 0.25) is 5.02 Å². The average Bonchev–Trinajstić information content (AvgIpc) is 3.33. The van der Waals surface area contributed by atoms with E-state index < -0.39 is 5.92 Å². The first-order valence-corrected chi connectivity index (χ1v) is 12.2. The molecule has 0 unspecified atom stereocenters. The highest BCUT2D eigenvalue weighted by molar-refractivity contribution is 8.02. The third kappa shape index (κ3) is 4.91. The first kappa shape index (κ1) is 22.2. The number of para-hydroxylation sites is 1. The number of nitrogens with zero attached hydrogens (tertiary/aromatic N) is 1. The van der Waals surface area contributed by atoms with Crippen LogP contribution < -0.4 is 10.6 Å². The molecule has 0 saturated heterocycles. The number of amides is 1. The fraction of sp³-hybridized carbons (Fsp3) is 0.120. The first-order chi connectivity index (χ1) is 15.6. The number of nitrogens with one attached hydrogen (secondary N) is 2. The predicted molar refractivity (Wildman–Crippen MR) is 133 cm³/mol. The summed E-state index contributed by atoms with van der Waals surface area (Å²) in [6.45, 7) is 1.89. The lowest BCUT2D eigenvalue weighted by molar-refractivity contribution is -0.113. The fourth-order valence-electron chi connectivity index (χ4n) is 3.52. The summed E-state index contributed by atoms with van der Waals surface area (Å²) < 4.78 is 0. The maximum atomic E-state index is 13.3. The van der Waals surface area contributed by atoms with Crippen LogP contribution in [0.5, 0.6) is 0 Å². The van der Waals surface area contributed by atoms with Crippen molar-refractivity contribution in [1.29, 1.82) is 5.26 Å². The average molecular weight is 478 g/mol. The van der Waals surface area contributed by atoms with Crippen molar-refractivity contribution >= 4 is 46.3 Å². The number of benzene rings is 2. The van der Waals surface area contributed by atoms with E-state index in [2.05, 4.69) is 16.7 Å². The zero-order valence-electron chi connectivity index (χ0n) is 17.3. The Morgan fingerprint density at radius 2 is 1.91 bits per heavy atom. The summed E-state index contributed by atoms with van der Waals surface area (Å²) in [6.07, 6.45) is 0. The Balaban J connectivity index is 1.66. The Morgan fingerprint density at radius 3 is 2.56 bits per heavy atom. The molecular formula is C25H20ClN3OS2. The molecule has 2 aromatic carbocycles. The molecule has 32 heavy (non-hydrogen) atoms. The minimum absolute atomic E-state index is 0.214. The Hall–Kier alpha value is -2.98. The van der Waals surface area contributed by atoms with Gasteiger partial charge in [-0.3, -0.25) is 4.79 Å². The number of hydrogen-bond donors (Lipinski definition) is 2. The van der Waals surface area contributed by atoms with Crippen molar-refractivity contribution in [1.82, 2.24) is 5.32 Å².